The van der Waals surface area contributed by atoms with E-state index >= 15 is 0 Å². The molecule has 7 heteroatoms. The summed E-state index contributed by atoms with van der Waals surface area (Å²) < 4.78 is 32.4. The zero-order valence-electron chi connectivity index (χ0n) is 13.6. The molecule has 0 radical (unpaired) electrons. The van der Waals surface area contributed by atoms with E-state index in [1.165, 1.54) is 32.4 Å². The Morgan fingerprint density at radius 1 is 1.12 bits per heavy atom. The fraction of sp³-hybridized carbons (Fsp3) is 0.235. The molecular weight excluding hydrogens is 328 g/mol. The van der Waals surface area contributed by atoms with Gasteiger partial charge in [-0.2, -0.15) is 0 Å². The molecule has 1 amide bonds. The highest BCUT2D eigenvalue weighted by Gasteiger charge is 2.19. The average Bonchev–Trinajstić information content (AvgIpc) is 2.61. The number of hydrogen-bond donors (Lipinski definition) is 2. The van der Waals surface area contributed by atoms with Crippen molar-refractivity contribution in [3.63, 3.8) is 0 Å². The first-order valence-electron chi connectivity index (χ1n) is 7.41. The molecule has 0 aliphatic heterocycles. The number of ether oxygens (including phenoxy) is 1. The molecular formula is C17H20N2O4S. The molecule has 2 aromatic carbocycles. The van der Waals surface area contributed by atoms with Gasteiger partial charge in [0.2, 0.25) is 10.0 Å². The second-order valence-electron chi connectivity index (χ2n) is 5.07. The summed E-state index contributed by atoms with van der Waals surface area (Å²) >= 11 is 0. The van der Waals surface area contributed by atoms with Gasteiger partial charge in [0.1, 0.15) is 5.75 Å². The van der Waals surface area contributed by atoms with Gasteiger partial charge in [-0.25, -0.2) is 13.1 Å². The Kier molecular flexibility index (Phi) is 5.94. The van der Waals surface area contributed by atoms with Crippen LogP contribution in [0.15, 0.2) is 53.4 Å². The zero-order valence-corrected chi connectivity index (χ0v) is 14.4. The maximum atomic E-state index is 12.4. The van der Waals surface area contributed by atoms with E-state index in [1.54, 1.807) is 0 Å². The van der Waals surface area contributed by atoms with E-state index in [2.05, 4.69) is 10.0 Å². The van der Waals surface area contributed by atoms with Gasteiger partial charge in [0.25, 0.3) is 5.91 Å². The third kappa shape index (κ3) is 4.33. The smallest absolute Gasteiger partial charge is 0.254 e. The lowest BCUT2D eigenvalue weighted by Crippen LogP contribution is -2.26. The van der Waals surface area contributed by atoms with E-state index < -0.39 is 15.9 Å². The van der Waals surface area contributed by atoms with Crippen molar-refractivity contribution in [2.75, 3.05) is 20.7 Å². The number of amides is 1. The van der Waals surface area contributed by atoms with Gasteiger partial charge in [-0.05, 0) is 30.2 Å². The van der Waals surface area contributed by atoms with Crippen LogP contribution in [0.3, 0.4) is 0 Å². The zero-order chi connectivity index (χ0) is 17.6. The Bertz CT molecular complexity index is 805. The summed E-state index contributed by atoms with van der Waals surface area (Å²) in [7, 11) is -0.807. The normalized spacial score (nSPS) is 11.1. The summed E-state index contributed by atoms with van der Waals surface area (Å²) in [5.74, 6) is -0.0919. The molecule has 0 unspecified atom stereocenters. The van der Waals surface area contributed by atoms with Crippen LogP contribution in [0, 0.1) is 0 Å². The molecule has 24 heavy (non-hydrogen) atoms. The summed E-state index contributed by atoms with van der Waals surface area (Å²) in [5.41, 5.74) is 1.21. The van der Waals surface area contributed by atoms with E-state index in [9.17, 15) is 13.2 Å². The van der Waals surface area contributed by atoms with Crippen LogP contribution in [0.2, 0.25) is 0 Å². The summed E-state index contributed by atoms with van der Waals surface area (Å²) in [6.07, 6.45) is 0.582. The van der Waals surface area contributed by atoms with Gasteiger partial charge < -0.3 is 10.1 Å². The molecule has 0 aliphatic carbocycles. The van der Waals surface area contributed by atoms with Crippen LogP contribution in [0.5, 0.6) is 5.75 Å². The predicted molar refractivity (Wildman–Crippen MR) is 91.7 cm³/mol. The summed E-state index contributed by atoms with van der Waals surface area (Å²) in [4.78, 5) is 11.9. The van der Waals surface area contributed by atoms with Gasteiger partial charge in [-0.3, -0.25) is 4.79 Å². The maximum Gasteiger partial charge on any atom is 0.254 e. The van der Waals surface area contributed by atoms with Gasteiger partial charge >= 0.3 is 0 Å². The molecule has 0 heterocycles. The first kappa shape index (κ1) is 18.0. The Labute approximate surface area is 141 Å². The first-order chi connectivity index (χ1) is 11.5. The molecule has 128 valence electrons. The molecule has 0 atom stereocenters. The third-order valence-corrected chi connectivity index (χ3v) is 4.96. The van der Waals surface area contributed by atoms with Crippen LogP contribution >= 0.6 is 0 Å². The van der Waals surface area contributed by atoms with Gasteiger partial charge in [-0.15, -0.1) is 0 Å². The number of sulfonamides is 1. The number of benzene rings is 2. The topological polar surface area (TPSA) is 84.5 Å². The van der Waals surface area contributed by atoms with E-state index in [0.29, 0.717) is 12.2 Å². The Morgan fingerprint density at radius 3 is 2.46 bits per heavy atom. The van der Waals surface area contributed by atoms with Gasteiger partial charge in [0.15, 0.2) is 0 Å². The molecule has 0 spiro atoms. The Morgan fingerprint density at radius 2 is 1.83 bits per heavy atom. The van der Waals surface area contributed by atoms with Gasteiger partial charge in [0.05, 0.1) is 17.6 Å². The summed E-state index contributed by atoms with van der Waals surface area (Å²) in [6, 6.07) is 13.8. The standard InChI is InChI=1S/C17H20N2O4S/c1-18-17(20)15-12-14(8-9-16(15)23-2)24(21,22)19-11-10-13-6-4-3-5-7-13/h3-9,12,19H,10-11H2,1-2H3,(H,18,20). The molecule has 0 aromatic heterocycles. The quantitative estimate of drug-likeness (QED) is 0.796. The molecule has 2 aromatic rings. The second kappa shape index (κ2) is 7.94. The molecule has 6 nitrogen and oxygen atoms in total. The van der Waals surface area contributed by atoms with Gasteiger partial charge in [-0.1, -0.05) is 30.3 Å². The fourth-order valence-corrected chi connectivity index (χ4v) is 3.28. The van der Waals surface area contributed by atoms with E-state index in [-0.39, 0.29) is 17.0 Å². The fourth-order valence-electron chi connectivity index (χ4n) is 2.22. The largest absolute Gasteiger partial charge is 0.496 e. The predicted octanol–water partition coefficient (Wildman–Crippen LogP) is 1.58. The van der Waals surface area contributed by atoms with Crippen LogP contribution in [-0.2, 0) is 16.4 Å². The molecule has 0 saturated heterocycles. The van der Waals surface area contributed by atoms with Crippen LogP contribution in [0.25, 0.3) is 0 Å². The Hall–Kier alpha value is -2.38. The lowest BCUT2D eigenvalue weighted by atomic mass is 10.2. The monoisotopic (exact) mass is 348 g/mol. The van der Waals surface area contributed by atoms with Crippen molar-refractivity contribution in [2.24, 2.45) is 0 Å². The van der Waals surface area contributed by atoms with Gasteiger partial charge in [0, 0.05) is 13.6 Å². The highest BCUT2D eigenvalue weighted by atomic mass is 32.2. The minimum absolute atomic E-state index is 0.0231. The number of carbonyl (C=O) groups is 1. The number of methoxy groups -OCH3 is 1. The third-order valence-electron chi connectivity index (χ3n) is 3.50. The van der Waals surface area contributed by atoms with Crippen molar-refractivity contribution in [1.82, 2.24) is 10.0 Å². The highest BCUT2D eigenvalue weighted by Crippen LogP contribution is 2.22. The van der Waals surface area contributed by atoms with Crippen molar-refractivity contribution in [1.29, 1.82) is 0 Å². The second-order valence-corrected chi connectivity index (χ2v) is 6.84. The van der Waals surface area contributed by atoms with Crippen molar-refractivity contribution < 1.29 is 17.9 Å². The van der Waals surface area contributed by atoms with Crippen molar-refractivity contribution in [2.45, 2.75) is 11.3 Å². The SMILES string of the molecule is CNC(=O)c1cc(S(=O)(=O)NCCc2ccccc2)ccc1OC. The molecule has 0 bridgehead atoms. The highest BCUT2D eigenvalue weighted by molar-refractivity contribution is 7.89. The number of hydrogen-bond acceptors (Lipinski definition) is 4. The average molecular weight is 348 g/mol. The van der Waals surface area contributed by atoms with Crippen LogP contribution < -0.4 is 14.8 Å². The first-order valence-corrected chi connectivity index (χ1v) is 8.90. The number of rotatable bonds is 7. The maximum absolute atomic E-state index is 12.4. The van der Waals surface area contributed by atoms with Crippen LogP contribution in [-0.4, -0.2) is 35.0 Å². The van der Waals surface area contributed by atoms with Crippen LogP contribution in [0.4, 0.5) is 0 Å². The molecule has 0 fully saturated rings. The lowest BCUT2D eigenvalue weighted by Gasteiger charge is -2.11. The van der Waals surface area contributed by atoms with Crippen molar-refractivity contribution in [3.8, 4) is 5.75 Å². The van der Waals surface area contributed by atoms with E-state index in [4.69, 9.17) is 4.74 Å². The minimum atomic E-state index is -3.71. The van der Waals surface area contributed by atoms with E-state index in [0.717, 1.165) is 5.56 Å². The lowest BCUT2D eigenvalue weighted by molar-refractivity contribution is 0.0960. The molecule has 2 rings (SSSR count). The summed E-state index contributed by atoms with van der Waals surface area (Å²) in [6.45, 7) is 0.272. The van der Waals surface area contributed by atoms with Crippen molar-refractivity contribution in [3.05, 3.63) is 59.7 Å². The summed E-state index contributed by atoms with van der Waals surface area (Å²) in [5, 5.41) is 2.47. The molecule has 2 N–H and O–H groups in total. The molecule has 0 aliphatic rings. The number of nitrogens with one attached hydrogen (secondary N) is 2. The van der Waals surface area contributed by atoms with E-state index in [1.807, 2.05) is 30.3 Å². The number of carbonyl (C=O) groups excluding carboxylic acids is 1. The van der Waals surface area contributed by atoms with Crippen LogP contribution in [0.1, 0.15) is 15.9 Å². The molecule has 0 saturated carbocycles. The van der Waals surface area contributed by atoms with Crippen molar-refractivity contribution >= 4 is 15.9 Å². The Balaban J connectivity index is 2.15. The minimum Gasteiger partial charge on any atom is -0.496 e.